The highest BCUT2D eigenvalue weighted by Gasteiger charge is 2.47. The number of aliphatic hydroxyl groups is 1. The highest BCUT2D eigenvalue weighted by Crippen LogP contribution is 2.40. The molecule has 1 aromatic heterocycles. The second kappa shape index (κ2) is 5.85. The van der Waals surface area contributed by atoms with Crippen LogP contribution >= 0.6 is 0 Å². The van der Waals surface area contributed by atoms with E-state index >= 15 is 0 Å². The Morgan fingerprint density at radius 1 is 1.00 bits per heavy atom. The molecule has 1 unspecified atom stereocenters. The smallest absolute Gasteiger partial charge is 0.354 e. The summed E-state index contributed by atoms with van der Waals surface area (Å²) in [7, 11) is 0. The third-order valence-electron chi connectivity index (χ3n) is 3.27. The van der Waals surface area contributed by atoms with Crippen molar-refractivity contribution < 1.29 is 22.8 Å². The predicted octanol–water partition coefficient (Wildman–Crippen LogP) is 3.70. The summed E-state index contributed by atoms with van der Waals surface area (Å²) in [6, 6.07) is 12.6. The molecule has 0 bridgehead atoms. The van der Waals surface area contributed by atoms with Crippen LogP contribution in [-0.4, -0.2) is 15.2 Å². The summed E-state index contributed by atoms with van der Waals surface area (Å²) < 4.78 is 46.1. The predicted molar refractivity (Wildman–Crippen MR) is 75.0 cm³/mol. The van der Waals surface area contributed by atoms with Gasteiger partial charge in [-0.1, -0.05) is 47.6 Å². The van der Waals surface area contributed by atoms with Crippen LogP contribution in [0.3, 0.4) is 0 Å². The Morgan fingerprint density at radius 2 is 1.65 bits per heavy atom. The molecule has 0 fully saturated rings. The fourth-order valence-corrected chi connectivity index (χ4v) is 2.03. The van der Waals surface area contributed by atoms with E-state index in [0.717, 1.165) is 24.3 Å². The minimum Gasteiger partial charge on any atom is -0.381 e. The molecule has 23 heavy (non-hydrogen) atoms. The van der Waals surface area contributed by atoms with Gasteiger partial charge in [-0.2, -0.15) is 13.8 Å². The summed E-state index contributed by atoms with van der Waals surface area (Å²) in [6.07, 6.45) is -2.23. The van der Waals surface area contributed by atoms with Crippen LogP contribution in [0.5, 0.6) is 0 Å². The lowest BCUT2D eigenvalue weighted by Gasteiger charge is -2.19. The van der Waals surface area contributed by atoms with Crippen LogP contribution in [0.25, 0.3) is 11.4 Å². The van der Waals surface area contributed by atoms with Gasteiger partial charge in [0.1, 0.15) is 5.82 Å². The average Bonchev–Trinajstić information content (AvgIpc) is 3.06. The zero-order valence-corrected chi connectivity index (χ0v) is 11.7. The Kier molecular flexibility index (Phi) is 3.87. The SMILES string of the molecule is OC(c1ccc(F)cc1)C(F)(F)c1nc(-c2ccccc2)no1. The number of nitrogens with zero attached hydrogens (tertiary/aromatic N) is 2. The normalized spacial score (nSPS) is 13.0. The maximum atomic E-state index is 14.3. The second-order valence-electron chi connectivity index (χ2n) is 4.87. The molecule has 7 heteroatoms. The molecule has 0 aliphatic carbocycles. The molecule has 0 spiro atoms. The van der Waals surface area contributed by atoms with Crippen molar-refractivity contribution in [2.24, 2.45) is 0 Å². The summed E-state index contributed by atoms with van der Waals surface area (Å²) in [5.74, 6) is -5.41. The lowest BCUT2D eigenvalue weighted by atomic mass is 10.0. The standard InChI is InChI=1S/C16H11F3N2O2/c17-12-8-6-10(7-9-12)13(22)16(18,19)15-20-14(21-23-15)11-4-2-1-3-5-11/h1-9,13,22H. The van der Waals surface area contributed by atoms with Crippen LogP contribution in [0.15, 0.2) is 59.1 Å². The van der Waals surface area contributed by atoms with E-state index in [0.29, 0.717) is 5.56 Å². The van der Waals surface area contributed by atoms with Crippen molar-refractivity contribution in [1.82, 2.24) is 10.1 Å². The Morgan fingerprint density at radius 3 is 2.30 bits per heavy atom. The topological polar surface area (TPSA) is 59.2 Å². The van der Waals surface area contributed by atoms with Crippen LogP contribution in [0, 0.1) is 5.82 Å². The quantitative estimate of drug-likeness (QED) is 0.796. The number of hydrogen-bond donors (Lipinski definition) is 1. The van der Waals surface area contributed by atoms with E-state index in [1.807, 2.05) is 0 Å². The molecule has 0 saturated carbocycles. The first-order chi connectivity index (χ1) is 11.0. The van der Waals surface area contributed by atoms with Gasteiger partial charge in [0.2, 0.25) is 5.82 Å². The van der Waals surface area contributed by atoms with Crippen molar-refractivity contribution in [3.8, 4) is 11.4 Å². The Balaban J connectivity index is 1.90. The lowest BCUT2D eigenvalue weighted by Crippen LogP contribution is -2.24. The largest absolute Gasteiger partial charge is 0.381 e. The van der Waals surface area contributed by atoms with E-state index in [-0.39, 0.29) is 11.4 Å². The van der Waals surface area contributed by atoms with Gasteiger partial charge in [0, 0.05) is 5.56 Å². The van der Waals surface area contributed by atoms with E-state index in [2.05, 4.69) is 14.7 Å². The molecule has 0 saturated heterocycles. The first-order valence-corrected chi connectivity index (χ1v) is 6.69. The molecule has 0 aliphatic heterocycles. The molecule has 0 amide bonds. The fraction of sp³-hybridized carbons (Fsp3) is 0.125. The number of aliphatic hydroxyl groups excluding tert-OH is 1. The Hall–Kier alpha value is -2.67. The molecule has 0 aliphatic rings. The van der Waals surface area contributed by atoms with Gasteiger partial charge in [0.05, 0.1) is 0 Å². The van der Waals surface area contributed by atoms with Gasteiger partial charge >= 0.3 is 11.8 Å². The molecular weight excluding hydrogens is 309 g/mol. The van der Waals surface area contributed by atoms with Crippen molar-refractivity contribution in [3.05, 3.63) is 71.9 Å². The van der Waals surface area contributed by atoms with Gasteiger partial charge in [-0.3, -0.25) is 0 Å². The summed E-state index contributed by atoms with van der Waals surface area (Å²) in [4.78, 5) is 3.65. The van der Waals surface area contributed by atoms with Crippen LogP contribution in [0.4, 0.5) is 13.2 Å². The maximum absolute atomic E-state index is 14.3. The van der Waals surface area contributed by atoms with Crippen molar-refractivity contribution >= 4 is 0 Å². The first kappa shape index (κ1) is 15.2. The third-order valence-corrected chi connectivity index (χ3v) is 3.27. The number of alkyl halides is 2. The Labute approximate surface area is 129 Å². The third kappa shape index (κ3) is 2.95. The van der Waals surface area contributed by atoms with E-state index in [4.69, 9.17) is 0 Å². The monoisotopic (exact) mass is 320 g/mol. The average molecular weight is 320 g/mol. The van der Waals surface area contributed by atoms with E-state index < -0.39 is 23.7 Å². The van der Waals surface area contributed by atoms with E-state index in [1.54, 1.807) is 30.3 Å². The van der Waals surface area contributed by atoms with Gasteiger partial charge < -0.3 is 9.63 Å². The number of benzene rings is 2. The maximum Gasteiger partial charge on any atom is 0.354 e. The van der Waals surface area contributed by atoms with Crippen molar-refractivity contribution in [3.63, 3.8) is 0 Å². The van der Waals surface area contributed by atoms with Crippen LogP contribution in [-0.2, 0) is 5.92 Å². The van der Waals surface area contributed by atoms with Crippen molar-refractivity contribution in [2.45, 2.75) is 12.0 Å². The lowest BCUT2D eigenvalue weighted by molar-refractivity contribution is -0.136. The summed E-state index contributed by atoms with van der Waals surface area (Å²) in [5, 5.41) is 13.4. The summed E-state index contributed by atoms with van der Waals surface area (Å²) in [5.41, 5.74) is 0.352. The molecule has 1 atom stereocenters. The highest BCUT2D eigenvalue weighted by atomic mass is 19.3. The zero-order chi connectivity index (χ0) is 16.4. The van der Waals surface area contributed by atoms with Gasteiger partial charge in [-0.05, 0) is 17.7 Å². The number of halogens is 3. The van der Waals surface area contributed by atoms with Gasteiger partial charge in [-0.15, -0.1) is 0 Å². The molecule has 1 N–H and O–H groups in total. The molecule has 1 heterocycles. The van der Waals surface area contributed by atoms with Gasteiger partial charge in [0.15, 0.2) is 6.10 Å². The van der Waals surface area contributed by atoms with Crippen LogP contribution < -0.4 is 0 Å². The van der Waals surface area contributed by atoms with Crippen molar-refractivity contribution in [2.75, 3.05) is 0 Å². The van der Waals surface area contributed by atoms with Crippen LogP contribution in [0.2, 0.25) is 0 Å². The zero-order valence-electron chi connectivity index (χ0n) is 11.7. The number of hydrogen-bond acceptors (Lipinski definition) is 4. The second-order valence-corrected chi connectivity index (χ2v) is 4.87. The van der Waals surface area contributed by atoms with E-state index in [9.17, 15) is 18.3 Å². The van der Waals surface area contributed by atoms with Gasteiger partial charge in [-0.25, -0.2) is 4.39 Å². The summed E-state index contributed by atoms with van der Waals surface area (Å²) >= 11 is 0. The van der Waals surface area contributed by atoms with Crippen molar-refractivity contribution in [1.29, 1.82) is 0 Å². The molecule has 3 rings (SSSR count). The van der Waals surface area contributed by atoms with Gasteiger partial charge in [0.25, 0.3) is 0 Å². The molecule has 118 valence electrons. The molecular formula is C16H11F3N2O2. The molecule has 2 aromatic carbocycles. The Bertz CT molecular complexity index is 789. The molecule has 3 aromatic rings. The minimum atomic E-state index is -3.81. The summed E-state index contributed by atoms with van der Waals surface area (Å²) in [6.45, 7) is 0. The minimum absolute atomic E-state index is 0.00780. The number of rotatable bonds is 4. The number of aromatic nitrogens is 2. The highest BCUT2D eigenvalue weighted by molar-refractivity contribution is 5.53. The first-order valence-electron chi connectivity index (χ1n) is 6.69. The molecule has 4 nitrogen and oxygen atoms in total. The fourth-order valence-electron chi connectivity index (χ4n) is 2.03. The van der Waals surface area contributed by atoms with Crippen LogP contribution in [0.1, 0.15) is 17.6 Å². The molecule has 0 radical (unpaired) electrons. The van der Waals surface area contributed by atoms with E-state index in [1.165, 1.54) is 0 Å².